The number of anilines is 1. The number of hydrogen-bond donors (Lipinski definition) is 1. The summed E-state index contributed by atoms with van der Waals surface area (Å²) in [6.07, 6.45) is 0. The third kappa shape index (κ3) is 3.16. The van der Waals surface area contributed by atoms with Crippen molar-refractivity contribution in [1.82, 2.24) is 0 Å². The fourth-order valence-electron chi connectivity index (χ4n) is 0.984. The molecule has 3 nitrogen and oxygen atoms in total. The van der Waals surface area contributed by atoms with Crippen LogP contribution in [0.5, 0.6) is 5.75 Å². The molecule has 82 valence electrons. The summed E-state index contributed by atoms with van der Waals surface area (Å²) in [5.74, 6) is -0.549. The number of benzene rings is 1. The topological polar surface area (TPSA) is 40.5 Å². The average molecular weight is 269 g/mol. The number of amides is 1. The van der Waals surface area contributed by atoms with E-state index in [-0.39, 0.29) is 5.75 Å². The van der Waals surface area contributed by atoms with E-state index in [1.165, 1.54) is 24.1 Å². The monoisotopic (exact) mass is 267 g/mol. The summed E-state index contributed by atoms with van der Waals surface area (Å²) in [6.45, 7) is 0. The Morgan fingerprint density at radius 1 is 1.27 bits per heavy atom. The maximum Gasteiger partial charge on any atom is 0.278 e. The van der Waals surface area contributed by atoms with E-state index in [9.17, 15) is 4.79 Å². The maximum atomic E-state index is 11.5. The van der Waals surface area contributed by atoms with Gasteiger partial charge in [-0.25, -0.2) is 0 Å². The van der Waals surface area contributed by atoms with E-state index in [1.54, 1.807) is 12.1 Å². The molecule has 0 radical (unpaired) electrons. The summed E-state index contributed by atoms with van der Waals surface area (Å²) in [7, 11) is 1.48. The smallest absolute Gasteiger partial charge is 0.278 e. The largest absolute Gasteiger partial charge is 0.508 e. The van der Waals surface area contributed by atoms with Gasteiger partial charge in [0, 0.05) is 12.7 Å². The Morgan fingerprint density at radius 2 is 1.73 bits per heavy atom. The Bertz CT molecular complexity index is 359. The number of hydrogen-bond acceptors (Lipinski definition) is 2. The predicted molar refractivity (Wildman–Crippen MR) is 61.8 cm³/mol. The Hall–Kier alpha value is -0.640. The van der Waals surface area contributed by atoms with Gasteiger partial charge < -0.3 is 10.0 Å². The quantitative estimate of drug-likeness (QED) is 0.796. The number of phenols is 1. The van der Waals surface area contributed by atoms with Gasteiger partial charge in [0.15, 0.2) is 0 Å². The van der Waals surface area contributed by atoms with Gasteiger partial charge in [0.2, 0.25) is 0 Å². The highest BCUT2D eigenvalue weighted by atomic mass is 35.6. The molecule has 0 heterocycles. The van der Waals surface area contributed by atoms with Crippen molar-refractivity contribution in [3.8, 4) is 5.75 Å². The first-order chi connectivity index (χ1) is 6.82. The van der Waals surface area contributed by atoms with Crippen LogP contribution in [0.2, 0.25) is 0 Å². The Labute approximate surface area is 102 Å². The van der Waals surface area contributed by atoms with E-state index in [1.807, 2.05) is 0 Å². The lowest BCUT2D eigenvalue weighted by molar-refractivity contribution is -0.117. The lowest BCUT2D eigenvalue weighted by Crippen LogP contribution is -2.36. The highest BCUT2D eigenvalue weighted by Crippen LogP contribution is 2.30. The number of carbonyl (C=O) groups excluding carboxylic acids is 1. The predicted octanol–water partition coefficient (Wildman–Crippen LogP) is 2.73. The standard InChI is InChI=1S/C9H8Cl3NO2/c1-13(8(15)9(10,11)12)6-2-4-7(14)5-3-6/h2-5,14H,1H3. The van der Waals surface area contributed by atoms with Crippen LogP contribution in [-0.4, -0.2) is 21.9 Å². The first kappa shape index (κ1) is 12.4. The number of halogens is 3. The van der Waals surface area contributed by atoms with Crippen molar-refractivity contribution in [3.63, 3.8) is 0 Å². The minimum Gasteiger partial charge on any atom is -0.508 e. The highest BCUT2D eigenvalue weighted by Gasteiger charge is 2.34. The van der Waals surface area contributed by atoms with Gasteiger partial charge in [-0.1, -0.05) is 34.8 Å². The number of phenolic OH excluding ortho intramolecular Hbond substituents is 1. The summed E-state index contributed by atoms with van der Waals surface area (Å²) >= 11 is 16.3. The van der Waals surface area contributed by atoms with Gasteiger partial charge in [-0.05, 0) is 24.3 Å². The normalized spacial score (nSPS) is 11.2. The zero-order valence-electron chi connectivity index (χ0n) is 7.75. The molecule has 0 aliphatic carbocycles. The van der Waals surface area contributed by atoms with E-state index >= 15 is 0 Å². The van der Waals surface area contributed by atoms with Gasteiger partial charge in [0.1, 0.15) is 5.75 Å². The summed E-state index contributed by atoms with van der Waals surface area (Å²) in [5, 5.41) is 9.06. The first-order valence-electron chi connectivity index (χ1n) is 3.96. The second-order valence-corrected chi connectivity index (χ2v) is 5.16. The molecule has 6 heteroatoms. The molecular weight excluding hydrogens is 260 g/mol. The van der Waals surface area contributed by atoms with Crippen LogP contribution in [0.3, 0.4) is 0 Å². The van der Waals surface area contributed by atoms with Crippen molar-refractivity contribution < 1.29 is 9.90 Å². The lowest BCUT2D eigenvalue weighted by atomic mass is 10.3. The van der Waals surface area contributed by atoms with Gasteiger partial charge in [-0.15, -0.1) is 0 Å². The van der Waals surface area contributed by atoms with Gasteiger partial charge in [0.05, 0.1) is 0 Å². The van der Waals surface area contributed by atoms with Crippen LogP contribution in [0.15, 0.2) is 24.3 Å². The SMILES string of the molecule is CN(C(=O)C(Cl)(Cl)Cl)c1ccc(O)cc1. The van der Waals surface area contributed by atoms with Crippen molar-refractivity contribution >= 4 is 46.4 Å². The van der Waals surface area contributed by atoms with Gasteiger partial charge in [-0.3, -0.25) is 4.79 Å². The molecule has 0 aliphatic heterocycles. The number of aromatic hydroxyl groups is 1. The Kier molecular flexibility index (Phi) is 3.71. The molecule has 0 atom stereocenters. The second-order valence-electron chi connectivity index (χ2n) is 2.88. The van der Waals surface area contributed by atoms with Crippen LogP contribution in [0, 0.1) is 0 Å². The van der Waals surface area contributed by atoms with Crippen molar-refractivity contribution in [1.29, 1.82) is 0 Å². The Balaban J connectivity index is 2.90. The summed E-state index contributed by atoms with van der Waals surface area (Å²) in [4.78, 5) is 12.7. The van der Waals surface area contributed by atoms with Crippen LogP contribution < -0.4 is 4.90 Å². The van der Waals surface area contributed by atoms with Crippen molar-refractivity contribution in [2.45, 2.75) is 3.79 Å². The van der Waals surface area contributed by atoms with Crippen LogP contribution in [0.25, 0.3) is 0 Å². The molecule has 0 unspecified atom stereocenters. The molecule has 0 fully saturated rings. The summed E-state index contributed by atoms with van der Waals surface area (Å²) in [6, 6.07) is 5.97. The van der Waals surface area contributed by atoms with Crippen LogP contribution in [0.4, 0.5) is 5.69 Å². The summed E-state index contributed by atoms with van der Waals surface area (Å²) in [5.41, 5.74) is 0.532. The molecule has 0 aliphatic rings. The average Bonchev–Trinajstić information content (AvgIpc) is 2.15. The molecule has 1 aromatic rings. The zero-order valence-corrected chi connectivity index (χ0v) is 10.0. The summed E-state index contributed by atoms with van der Waals surface area (Å²) < 4.78 is -1.98. The maximum absolute atomic E-state index is 11.5. The number of nitrogens with zero attached hydrogens (tertiary/aromatic N) is 1. The van der Waals surface area contributed by atoms with Crippen LogP contribution in [-0.2, 0) is 4.79 Å². The van der Waals surface area contributed by atoms with E-state index in [0.717, 1.165) is 0 Å². The molecular formula is C9H8Cl3NO2. The Morgan fingerprint density at radius 3 is 2.13 bits per heavy atom. The molecule has 0 saturated carbocycles. The van der Waals surface area contributed by atoms with Crippen molar-refractivity contribution in [2.24, 2.45) is 0 Å². The minimum atomic E-state index is -1.98. The van der Waals surface area contributed by atoms with Crippen LogP contribution in [0.1, 0.15) is 0 Å². The molecule has 1 rings (SSSR count). The third-order valence-electron chi connectivity index (χ3n) is 1.78. The fraction of sp³-hybridized carbons (Fsp3) is 0.222. The molecule has 0 aromatic heterocycles. The number of carbonyl (C=O) groups is 1. The van der Waals surface area contributed by atoms with Gasteiger partial charge in [0.25, 0.3) is 9.70 Å². The fourth-order valence-corrected chi connectivity index (χ4v) is 1.36. The molecule has 1 N–H and O–H groups in total. The number of rotatable bonds is 1. The third-order valence-corrected chi connectivity index (χ3v) is 2.27. The van der Waals surface area contributed by atoms with Crippen LogP contribution >= 0.6 is 34.8 Å². The van der Waals surface area contributed by atoms with E-state index in [4.69, 9.17) is 39.9 Å². The highest BCUT2D eigenvalue weighted by molar-refractivity contribution is 6.76. The van der Waals surface area contributed by atoms with E-state index in [0.29, 0.717) is 5.69 Å². The molecule has 0 bridgehead atoms. The first-order valence-corrected chi connectivity index (χ1v) is 5.09. The number of alkyl halides is 3. The van der Waals surface area contributed by atoms with Crippen molar-refractivity contribution in [3.05, 3.63) is 24.3 Å². The second kappa shape index (κ2) is 4.47. The minimum absolute atomic E-state index is 0.105. The van der Waals surface area contributed by atoms with E-state index < -0.39 is 9.70 Å². The molecule has 0 spiro atoms. The molecule has 1 aromatic carbocycles. The lowest BCUT2D eigenvalue weighted by Gasteiger charge is -2.21. The van der Waals surface area contributed by atoms with E-state index in [2.05, 4.69) is 0 Å². The van der Waals surface area contributed by atoms with Gasteiger partial charge in [-0.2, -0.15) is 0 Å². The molecule has 0 saturated heterocycles. The van der Waals surface area contributed by atoms with Gasteiger partial charge >= 0.3 is 0 Å². The zero-order chi connectivity index (χ0) is 11.6. The molecule has 15 heavy (non-hydrogen) atoms. The molecule has 1 amide bonds. The van der Waals surface area contributed by atoms with Crippen molar-refractivity contribution in [2.75, 3.05) is 11.9 Å².